The van der Waals surface area contributed by atoms with Crippen LogP contribution in [0, 0.1) is 12.3 Å². The van der Waals surface area contributed by atoms with Crippen LogP contribution in [0.1, 0.15) is 38.2 Å². The van der Waals surface area contributed by atoms with E-state index in [0.29, 0.717) is 11.5 Å². The quantitative estimate of drug-likeness (QED) is 0.736. The van der Waals surface area contributed by atoms with Crippen LogP contribution in [-0.4, -0.2) is 21.9 Å². The summed E-state index contributed by atoms with van der Waals surface area (Å²) in [6.45, 7) is 5.76. The Labute approximate surface area is 128 Å². The summed E-state index contributed by atoms with van der Waals surface area (Å²) in [6.07, 6.45) is 5.69. The van der Waals surface area contributed by atoms with Gasteiger partial charge in [-0.2, -0.15) is 0 Å². The predicted octanol–water partition coefficient (Wildman–Crippen LogP) is 4.88. The largest absolute Gasteiger partial charge is 0.241 e. The molecule has 1 spiro atoms. The number of benzene rings is 1. The monoisotopic (exact) mass is 304 g/mol. The van der Waals surface area contributed by atoms with Gasteiger partial charge >= 0.3 is 0 Å². The summed E-state index contributed by atoms with van der Waals surface area (Å²) in [6, 6.07) is 7.26. The highest BCUT2D eigenvalue weighted by Gasteiger charge is 2.46. The average Bonchev–Trinajstić information content (AvgIpc) is 2.90. The second-order valence-corrected chi connectivity index (χ2v) is 8.85. The molecular formula is C16H20N2S2. The van der Waals surface area contributed by atoms with Gasteiger partial charge in [0.25, 0.3) is 0 Å². The predicted molar refractivity (Wildman–Crippen MR) is 87.3 cm³/mol. The standard InChI is InChI=1S/C16H20N2S2/c1-11-4-5-14-13(8-11)17-15(19-14)20-18-10-16(6-3-7-16)9-12(18)2/h4-5,8,12H,3,6-7,9-10H2,1-2H3. The average molecular weight is 304 g/mol. The summed E-state index contributed by atoms with van der Waals surface area (Å²) < 4.78 is 5.08. The minimum Gasteiger partial charge on any atom is -0.241 e. The van der Waals surface area contributed by atoms with Crippen molar-refractivity contribution in [3.05, 3.63) is 23.8 Å². The van der Waals surface area contributed by atoms with Gasteiger partial charge in [-0.15, -0.1) is 11.3 Å². The van der Waals surface area contributed by atoms with Crippen molar-refractivity contribution >= 4 is 33.5 Å². The summed E-state index contributed by atoms with van der Waals surface area (Å²) in [7, 11) is 0. The fraction of sp³-hybridized carbons (Fsp3) is 0.562. The molecule has 2 aromatic rings. The van der Waals surface area contributed by atoms with Gasteiger partial charge < -0.3 is 0 Å². The minimum atomic E-state index is 0.652. The van der Waals surface area contributed by atoms with Gasteiger partial charge in [0.2, 0.25) is 0 Å². The lowest BCUT2D eigenvalue weighted by molar-refractivity contribution is 0.154. The molecule has 1 aromatic carbocycles. The maximum atomic E-state index is 4.80. The smallest absolute Gasteiger partial charge is 0.166 e. The first-order valence-corrected chi connectivity index (χ1v) is 9.04. The molecule has 2 aliphatic rings. The van der Waals surface area contributed by atoms with Crippen LogP contribution in [0.2, 0.25) is 0 Å². The van der Waals surface area contributed by atoms with Crippen molar-refractivity contribution in [2.24, 2.45) is 5.41 Å². The third kappa shape index (κ3) is 2.18. The zero-order valence-electron chi connectivity index (χ0n) is 12.1. The van der Waals surface area contributed by atoms with E-state index < -0.39 is 0 Å². The van der Waals surface area contributed by atoms with Crippen molar-refractivity contribution < 1.29 is 0 Å². The van der Waals surface area contributed by atoms with Crippen molar-refractivity contribution in [2.45, 2.75) is 49.9 Å². The van der Waals surface area contributed by atoms with Gasteiger partial charge in [0, 0.05) is 12.6 Å². The van der Waals surface area contributed by atoms with Gasteiger partial charge in [0.15, 0.2) is 4.34 Å². The first-order valence-electron chi connectivity index (χ1n) is 7.45. The highest BCUT2D eigenvalue weighted by molar-refractivity contribution is 7.99. The Hall–Kier alpha value is -0.580. The first-order chi connectivity index (χ1) is 9.63. The molecule has 4 heteroatoms. The molecule has 1 aromatic heterocycles. The van der Waals surface area contributed by atoms with Crippen LogP contribution < -0.4 is 0 Å². The molecule has 2 heterocycles. The molecule has 1 unspecified atom stereocenters. The number of nitrogens with zero attached hydrogens (tertiary/aromatic N) is 2. The van der Waals surface area contributed by atoms with Crippen molar-refractivity contribution in [3.63, 3.8) is 0 Å². The van der Waals surface area contributed by atoms with Gasteiger partial charge in [-0.3, -0.25) is 0 Å². The molecular weight excluding hydrogens is 284 g/mol. The highest BCUT2D eigenvalue weighted by atomic mass is 32.2. The number of aryl methyl sites for hydroxylation is 1. The van der Waals surface area contributed by atoms with Gasteiger partial charge in [-0.05, 0) is 68.2 Å². The van der Waals surface area contributed by atoms with E-state index in [2.05, 4.69) is 36.4 Å². The van der Waals surface area contributed by atoms with Crippen LogP contribution in [0.5, 0.6) is 0 Å². The topological polar surface area (TPSA) is 16.1 Å². The van der Waals surface area contributed by atoms with E-state index in [0.717, 1.165) is 5.52 Å². The lowest BCUT2D eigenvalue weighted by atomic mass is 9.68. The number of fused-ring (bicyclic) bond motifs is 1. The van der Waals surface area contributed by atoms with E-state index in [9.17, 15) is 0 Å². The molecule has 20 heavy (non-hydrogen) atoms. The van der Waals surface area contributed by atoms with Gasteiger partial charge in [-0.1, -0.05) is 12.5 Å². The Morgan fingerprint density at radius 1 is 1.40 bits per heavy atom. The van der Waals surface area contributed by atoms with Crippen molar-refractivity contribution in [1.82, 2.24) is 9.29 Å². The third-order valence-corrected chi connectivity index (χ3v) is 7.12. The maximum absolute atomic E-state index is 4.80. The molecule has 1 aliphatic heterocycles. The van der Waals surface area contributed by atoms with Gasteiger partial charge in [0.1, 0.15) is 0 Å². The van der Waals surface area contributed by atoms with Crippen LogP contribution >= 0.6 is 23.3 Å². The molecule has 2 nitrogen and oxygen atoms in total. The number of hydrogen-bond donors (Lipinski definition) is 0. The lowest BCUT2D eigenvalue weighted by Gasteiger charge is -2.37. The third-order valence-electron chi connectivity index (χ3n) is 4.84. The Morgan fingerprint density at radius 2 is 2.25 bits per heavy atom. The Kier molecular flexibility index (Phi) is 3.09. The van der Waals surface area contributed by atoms with E-state index in [-0.39, 0.29) is 0 Å². The summed E-state index contributed by atoms with van der Waals surface area (Å²) in [4.78, 5) is 4.80. The molecule has 106 valence electrons. The fourth-order valence-electron chi connectivity index (χ4n) is 3.60. The van der Waals surface area contributed by atoms with E-state index in [1.807, 2.05) is 23.3 Å². The number of aromatic nitrogens is 1. The summed E-state index contributed by atoms with van der Waals surface area (Å²) in [5, 5.41) is 0. The molecule has 4 rings (SSSR count). The van der Waals surface area contributed by atoms with Crippen molar-refractivity contribution in [2.75, 3.05) is 6.54 Å². The highest BCUT2D eigenvalue weighted by Crippen LogP contribution is 2.52. The SMILES string of the molecule is Cc1ccc2sc(SN3CC4(CCC4)CC3C)nc2c1. The molecule has 1 saturated carbocycles. The second kappa shape index (κ2) is 4.72. The van der Waals surface area contributed by atoms with Crippen LogP contribution in [0.25, 0.3) is 10.2 Å². The van der Waals surface area contributed by atoms with E-state index in [4.69, 9.17) is 4.98 Å². The Morgan fingerprint density at radius 3 is 2.95 bits per heavy atom. The molecule has 0 bridgehead atoms. The molecule has 1 atom stereocenters. The zero-order valence-corrected chi connectivity index (χ0v) is 13.7. The second-order valence-electron chi connectivity index (χ2n) is 6.52. The van der Waals surface area contributed by atoms with E-state index in [1.165, 1.54) is 46.8 Å². The number of rotatable bonds is 2. The van der Waals surface area contributed by atoms with Gasteiger partial charge in [-0.25, -0.2) is 9.29 Å². The van der Waals surface area contributed by atoms with Gasteiger partial charge in [0.05, 0.1) is 10.2 Å². The van der Waals surface area contributed by atoms with Crippen LogP contribution in [0.15, 0.2) is 22.5 Å². The van der Waals surface area contributed by atoms with Crippen LogP contribution in [0.3, 0.4) is 0 Å². The van der Waals surface area contributed by atoms with E-state index >= 15 is 0 Å². The summed E-state index contributed by atoms with van der Waals surface area (Å²) >= 11 is 3.71. The normalized spacial score (nSPS) is 25.4. The van der Waals surface area contributed by atoms with Crippen molar-refractivity contribution in [3.8, 4) is 0 Å². The fourth-order valence-corrected chi connectivity index (χ4v) is 5.91. The number of thiazole rings is 1. The first kappa shape index (κ1) is 13.1. The van der Waals surface area contributed by atoms with E-state index in [1.54, 1.807) is 0 Å². The molecule has 0 radical (unpaired) electrons. The minimum absolute atomic E-state index is 0.652. The zero-order chi connectivity index (χ0) is 13.7. The number of hydrogen-bond acceptors (Lipinski definition) is 4. The molecule has 2 fully saturated rings. The molecule has 0 amide bonds. The van der Waals surface area contributed by atoms with Crippen LogP contribution in [-0.2, 0) is 0 Å². The summed E-state index contributed by atoms with van der Waals surface area (Å²) in [5.41, 5.74) is 3.10. The maximum Gasteiger partial charge on any atom is 0.166 e. The molecule has 1 saturated heterocycles. The van der Waals surface area contributed by atoms with Crippen molar-refractivity contribution in [1.29, 1.82) is 0 Å². The molecule has 0 N–H and O–H groups in total. The summed E-state index contributed by atoms with van der Waals surface area (Å²) in [5.74, 6) is 0. The lowest BCUT2D eigenvalue weighted by Crippen LogP contribution is -2.31. The molecule has 1 aliphatic carbocycles. The van der Waals surface area contributed by atoms with Crippen LogP contribution in [0.4, 0.5) is 0 Å². The Balaban J connectivity index is 1.55. The Bertz CT molecular complexity index is 645.